The van der Waals surface area contributed by atoms with Crippen LogP contribution in [0.2, 0.25) is 0 Å². The third kappa shape index (κ3) is 2.90. The predicted molar refractivity (Wildman–Crippen MR) is 77.2 cm³/mol. The molecule has 18 heavy (non-hydrogen) atoms. The van der Waals surface area contributed by atoms with Gasteiger partial charge in [-0.05, 0) is 30.7 Å². The summed E-state index contributed by atoms with van der Waals surface area (Å²) in [7, 11) is 3.71. The minimum atomic E-state index is -0.221. The number of nitrogens with zero attached hydrogens (tertiary/aromatic N) is 3. The van der Waals surface area contributed by atoms with Gasteiger partial charge in [-0.15, -0.1) is 0 Å². The Hall–Kier alpha value is -1.36. The van der Waals surface area contributed by atoms with Crippen molar-refractivity contribution >= 4 is 33.5 Å². The summed E-state index contributed by atoms with van der Waals surface area (Å²) in [5.41, 5.74) is 0.841. The van der Waals surface area contributed by atoms with Crippen LogP contribution in [0.15, 0.2) is 33.7 Å². The first-order valence-corrected chi connectivity index (χ1v) is 6.69. The zero-order valence-electron chi connectivity index (χ0n) is 10.6. The number of likely N-dealkylation sites (tertiary alicyclic amines) is 1. The molecule has 1 aromatic rings. The summed E-state index contributed by atoms with van der Waals surface area (Å²) in [5, 5.41) is 0. The van der Waals surface area contributed by atoms with Gasteiger partial charge in [-0.25, -0.2) is 4.79 Å². The molecule has 0 N–H and O–H groups in total. The monoisotopic (exact) mass is 309 g/mol. The van der Waals surface area contributed by atoms with Crippen LogP contribution in [0.4, 0.5) is 10.5 Å². The molecule has 1 aromatic carbocycles. The fourth-order valence-electron chi connectivity index (χ4n) is 1.90. The maximum absolute atomic E-state index is 12.0. The van der Waals surface area contributed by atoms with Gasteiger partial charge in [-0.1, -0.05) is 15.9 Å². The second-order valence-corrected chi connectivity index (χ2v) is 5.29. The highest BCUT2D eigenvalue weighted by Gasteiger charge is 2.17. The third-order valence-corrected chi connectivity index (χ3v) is 3.59. The second-order valence-electron chi connectivity index (χ2n) is 4.37. The largest absolute Gasteiger partial charge is 0.363 e. The van der Waals surface area contributed by atoms with E-state index in [4.69, 9.17) is 0 Å². The van der Waals surface area contributed by atoms with E-state index in [-0.39, 0.29) is 6.03 Å². The van der Waals surface area contributed by atoms with E-state index >= 15 is 0 Å². The van der Waals surface area contributed by atoms with Crippen LogP contribution < -0.4 is 4.90 Å². The Morgan fingerprint density at radius 1 is 1.39 bits per heavy atom. The zero-order chi connectivity index (χ0) is 13.1. The number of halogens is 1. The van der Waals surface area contributed by atoms with E-state index in [0.29, 0.717) is 0 Å². The van der Waals surface area contributed by atoms with E-state index in [9.17, 15) is 4.79 Å². The Labute approximate surface area is 115 Å². The molecular weight excluding hydrogens is 294 g/mol. The summed E-state index contributed by atoms with van der Waals surface area (Å²) in [4.78, 5) is 19.8. The fourth-order valence-corrected chi connectivity index (χ4v) is 2.16. The number of carbonyl (C=O) groups excluding carboxylic acids is 1. The van der Waals surface area contributed by atoms with Crippen molar-refractivity contribution in [2.75, 3.05) is 25.5 Å². The number of hydrogen-bond donors (Lipinski definition) is 0. The molecule has 1 aliphatic heterocycles. The molecule has 1 saturated heterocycles. The summed E-state index contributed by atoms with van der Waals surface area (Å²) in [6.45, 7) is 0.980. The van der Waals surface area contributed by atoms with Crippen LogP contribution in [0.5, 0.6) is 0 Å². The van der Waals surface area contributed by atoms with Crippen molar-refractivity contribution in [2.45, 2.75) is 12.8 Å². The number of urea groups is 1. The lowest BCUT2D eigenvalue weighted by Crippen LogP contribution is -2.27. The molecule has 0 saturated carbocycles. The molecular formula is C13H16BrN3O. The van der Waals surface area contributed by atoms with Crippen LogP contribution in [0.3, 0.4) is 0 Å². The van der Waals surface area contributed by atoms with E-state index in [1.165, 1.54) is 0 Å². The number of hydrogen-bond acceptors (Lipinski definition) is 1. The van der Waals surface area contributed by atoms with Crippen molar-refractivity contribution in [3.05, 3.63) is 28.7 Å². The van der Waals surface area contributed by atoms with Crippen LogP contribution >= 0.6 is 15.9 Å². The molecule has 96 valence electrons. The van der Waals surface area contributed by atoms with Crippen LogP contribution in [0, 0.1) is 0 Å². The lowest BCUT2D eigenvalue weighted by Gasteiger charge is -2.16. The Morgan fingerprint density at radius 2 is 2.06 bits per heavy atom. The lowest BCUT2D eigenvalue weighted by atomic mass is 10.3. The van der Waals surface area contributed by atoms with Crippen LogP contribution in [-0.2, 0) is 0 Å². The predicted octanol–water partition coefficient (Wildman–Crippen LogP) is 3.13. The molecule has 1 aliphatic rings. The Kier molecular flexibility index (Phi) is 4.01. The second kappa shape index (κ2) is 5.52. The van der Waals surface area contributed by atoms with Crippen molar-refractivity contribution < 1.29 is 4.79 Å². The number of amides is 2. The van der Waals surface area contributed by atoms with Gasteiger partial charge in [0.05, 0.1) is 0 Å². The van der Waals surface area contributed by atoms with Gasteiger partial charge in [0.15, 0.2) is 0 Å². The highest BCUT2D eigenvalue weighted by atomic mass is 79.9. The van der Waals surface area contributed by atoms with Gasteiger partial charge in [-0.2, -0.15) is 4.99 Å². The molecule has 0 atom stereocenters. The molecule has 0 radical (unpaired) electrons. The van der Waals surface area contributed by atoms with E-state index < -0.39 is 0 Å². The molecule has 1 fully saturated rings. The zero-order valence-corrected chi connectivity index (χ0v) is 12.1. The molecule has 1 heterocycles. The van der Waals surface area contributed by atoms with E-state index in [1.807, 2.05) is 36.2 Å². The van der Waals surface area contributed by atoms with Gasteiger partial charge in [0.1, 0.15) is 5.84 Å². The Bertz CT molecular complexity index is 470. The van der Waals surface area contributed by atoms with Crippen LogP contribution in [0.25, 0.3) is 0 Å². The summed E-state index contributed by atoms with van der Waals surface area (Å²) in [6.07, 6.45) is 1.96. The molecule has 2 amide bonds. The van der Waals surface area contributed by atoms with Gasteiger partial charge in [0, 0.05) is 37.2 Å². The van der Waals surface area contributed by atoms with E-state index in [1.54, 1.807) is 11.9 Å². The molecule has 2 rings (SSSR count). The number of carbonyl (C=O) groups is 1. The smallest absolute Gasteiger partial charge is 0.349 e. The summed E-state index contributed by atoms with van der Waals surface area (Å²) >= 11 is 3.37. The van der Waals surface area contributed by atoms with Crippen molar-refractivity contribution in [3.8, 4) is 0 Å². The molecule has 0 unspecified atom stereocenters. The fraction of sp³-hybridized carbons (Fsp3) is 0.385. The molecule has 4 nitrogen and oxygen atoms in total. The Balaban J connectivity index is 2.11. The van der Waals surface area contributed by atoms with E-state index in [0.717, 1.165) is 35.4 Å². The quantitative estimate of drug-likeness (QED) is 0.799. The maximum Gasteiger partial charge on any atom is 0.349 e. The normalized spacial score (nSPS) is 17.3. The average molecular weight is 310 g/mol. The number of amidine groups is 1. The van der Waals surface area contributed by atoms with Gasteiger partial charge < -0.3 is 4.90 Å². The SMILES string of the molecule is CN1CCCC1=NC(=O)N(C)c1ccc(Br)cc1. The van der Waals surface area contributed by atoms with Crippen molar-refractivity contribution in [1.29, 1.82) is 0 Å². The first-order valence-electron chi connectivity index (χ1n) is 5.90. The summed E-state index contributed by atoms with van der Waals surface area (Å²) in [5.74, 6) is 0.879. The number of rotatable bonds is 1. The highest BCUT2D eigenvalue weighted by molar-refractivity contribution is 9.10. The standard InChI is InChI=1S/C13H16BrN3O/c1-16-9-3-4-12(16)15-13(18)17(2)11-7-5-10(14)6-8-11/h5-8H,3-4,9H2,1-2H3. The topological polar surface area (TPSA) is 35.9 Å². The first-order chi connectivity index (χ1) is 8.58. The minimum Gasteiger partial charge on any atom is -0.363 e. The number of aliphatic imine (C=N–C) groups is 1. The van der Waals surface area contributed by atoms with E-state index in [2.05, 4.69) is 20.9 Å². The van der Waals surface area contributed by atoms with Gasteiger partial charge >= 0.3 is 6.03 Å². The van der Waals surface area contributed by atoms with Gasteiger partial charge in [0.25, 0.3) is 0 Å². The maximum atomic E-state index is 12.0. The highest BCUT2D eigenvalue weighted by Crippen LogP contribution is 2.18. The average Bonchev–Trinajstić information content (AvgIpc) is 2.75. The third-order valence-electron chi connectivity index (χ3n) is 3.06. The summed E-state index contributed by atoms with van der Waals surface area (Å²) in [6, 6.07) is 7.38. The minimum absolute atomic E-state index is 0.221. The first kappa shape index (κ1) is 13.1. The van der Waals surface area contributed by atoms with Crippen molar-refractivity contribution in [2.24, 2.45) is 4.99 Å². The van der Waals surface area contributed by atoms with Crippen LogP contribution in [0.1, 0.15) is 12.8 Å². The summed E-state index contributed by atoms with van der Waals surface area (Å²) < 4.78 is 0.994. The Morgan fingerprint density at radius 3 is 2.61 bits per heavy atom. The molecule has 5 heteroatoms. The van der Waals surface area contributed by atoms with Crippen LogP contribution in [-0.4, -0.2) is 37.4 Å². The van der Waals surface area contributed by atoms with Crippen molar-refractivity contribution in [1.82, 2.24) is 4.90 Å². The molecule has 0 spiro atoms. The molecule has 0 aromatic heterocycles. The molecule has 0 aliphatic carbocycles. The number of benzene rings is 1. The van der Waals surface area contributed by atoms with Gasteiger partial charge in [-0.3, -0.25) is 4.90 Å². The lowest BCUT2D eigenvalue weighted by molar-refractivity contribution is 0.255. The molecule has 0 bridgehead atoms. The van der Waals surface area contributed by atoms with Crippen molar-refractivity contribution in [3.63, 3.8) is 0 Å². The number of anilines is 1. The van der Waals surface area contributed by atoms with Gasteiger partial charge in [0.2, 0.25) is 0 Å².